The van der Waals surface area contributed by atoms with Gasteiger partial charge in [-0.05, 0) is 65.2 Å². The van der Waals surface area contributed by atoms with Crippen LogP contribution in [0.4, 0.5) is 0 Å². The van der Waals surface area contributed by atoms with Crippen LogP contribution in [0.1, 0.15) is 12.8 Å². The van der Waals surface area contributed by atoms with E-state index in [1.807, 2.05) is 29.8 Å². The third kappa shape index (κ3) is 4.13. The van der Waals surface area contributed by atoms with Crippen LogP contribution < -0.4 is 4.80 Å². The molecule has 10 heteroatoms. The lowest BCUT2D eigenvalue weighted by atomic mass is 9.99. The van der Waals surface area contributed by atoms with Gasteiger partial charge in [-0.1, -0.05) is 29.0 Å². The Balaban J connectivity index is 1.60. The molecule has 0 radical (unpaired) electrons. The SMILES string of the molecule is Cn1c(=NC(=O)C2CCCN(S(=O)(=O)c3ccc(Cl)cc3)C2)sc2cccc(Br)c21. The molecule has 1 atom stereocenters. The van der Waals surface area contributed by atoms with Gasteiger partial charge in [-0.2, -0.15) is 9.30 Å². The Morgan fingerprint density at radius 2 is 1.97 bits per heavy atom. The smallest absolute Gasteiger partial charge is 0.252 e. The monoisotopic (exact) mass is 527 g/mol. The summed E-state index contributed by atoms with van der Waals surface area (Å²) in [5, 5.41) is 0.474. The molecular weight excluding hydrogens is 510 g/mol. The third-order valence-corrected chi connectivity index (χ3v) is 9.03. The number of amides is 1. The number of piperidine rings is 1. The van der Waals surface area contributed by atoms with Gasteiger partial charge in [0.05, 0.1) is 21.0 Å². The van der Waals surface area contributed by atoms with Crippen molar-refractivity contribution in [2.75, 3.05) is 13.1 Å². The van der Waals surface area contributed by atoms with Crippen molar-refractivity contribution < 1.29 is 13.2 Å². The van der Waals surface area contributed by atoms with Crippen molar-refractivity contribution in [1.29, 1.82) is 0 Å². The van der Waals surface area contributed by atoms with E-state index in [0.29, 0.717) is 29.2 Å². The van der Waals surface area contributed by atoms with E-state index in [4.69, 9.17) is 11.6 Å². The Bertz CT molecular complexity index is 1280. The molecule has 0 N–H and O–H groups in total. The Kier molecular flexibility index (Phi) is 6.18. The molecule has 6 nitrogen and oxygen atoms in total. The van der Waals surface area contributed by atoms with Crippen LogP contribution in [0, 0.1) is 5.92 Å². The molecule has 2 aromatic carbocycles. The summed E-state index contributed by atoms with van der Waals surface area (Å²) < 4.78 is 31.1. The predicted octanol–water partition coefficient (Wildman–Crippen LogP) is 4.18. The minimum atomic E-state index is -3.68. The van der Waals surface area contributed by atoms with Crippen molar-refractivity contribution in [3.05, 3.63) is 56.8 Å². The number of rotatable bonds is 3. The Morgan fingerprint density at radius 1 is 1.23 bits per heavy atom. The summed E-state index contributed by atoms with van der Waals surface area (Å²) in [6.07, 6.45) is 1.23. The molecule has 1 aliphatic heterocycles. The van der Waals surface area contributed by atoms with Gasteiger partial charge in [0.15, 0.2) is 4.80 Å². The summed E-state index contributed by atoms with van der Waals surface area (Å²) in [6, 6.07) is 11.9. The van der Waals surface area contributed by atoms with E-state index >= 15 is 0 Å². The highest BCUT2D eigenvalue weighted by Gasteiger charge is 2.33. The first kappa shape index (κ1) is 21.7. The number of carbonyl (C=O) groups is 1. The highest BCUT2D eigenvalue weighted by atomic mass is 79.9. The number of thiazole rings is 1. The number of carbonyl (C=O) groups excluding carboxylic acids is 1. The van der Waals surface area contributed by atoms with Crippen LogP contribution in [0.5, 0.6) is 0 Å². The number of aryl methyl sites for hydroxylation is 1. The van der Waals surface area contributed by atoms with Crippen molar-refractivity contribution in [1.82, 2.24) is 8.87 Å². The minimum Gasteiger partial charge on any atom is -0.318 e. The Morgan fingerprint density at radius 3 is 2.67 bits per heavy atom. The summed E-state index contributed by atoms with van der Waals surface area (Å²) in [5.74, 6) is -0.751. The van der Waals surface area contributed by atoms with Gasteiger partial charge < -0.3 is 4.57 Å². The zero-order valence-electron chi connectivity index (χ0n) is 16.1. The highest BCUT2D eigenvalue weighted by Crippen LogP contribution is 2.27. The van der Waals surface area contributed by atoms with Gasteiger partial charge in [-0.15, -0.1) is 0 Å². The lowest BCUT2D eigenvalue weighted by Gasteiger charge is -2.30. The number of sulfonamides is 1. The van der Waals surface area contributed by atoms with Crippen LogP contribution in [0.25, 0.3) is 10.2 Å². The molecule has 1 fully saturated rings. The largest absolute Gasteiger partial charge is 0.318 e. The van der Waals surface area contributed by atoms with Crippen molar-refractivity contribution in [3.8, 4) is 0 Å². The van der Waals surface area contributed by atoms with Gasteiger partial charge in [0, 0.05) is 29.6 Å². The van der Waals surface area contributed by atoms with E-state index in [0.717, 1.165) is 14.7 Å². The molecular formula is C20H19BrClN3O3S2. The molecule has 0 aliphatic carbocycles. The topological polar surface area (TPSA) is 71.7 Å². The number of halogens is 2. The van der Waals surface area contributed by atoms with Gasteiger partial charge >= 0.3 is 0 Å². The second kappa shape index (κ2) is 8.55. The quantitative estimate of drug-likeness (QED) is 0.512. The minimum absolute atomic E-state index is 0.131. The Hall–Kier alpha value is -1.52. The molecule has 30 heavy (non-hydrogen) atoms. The normalized spacial score (nSPS) is 18.8. The molecule has 0 saturated carbocycles. The maximum Gasteiger partial charge on any atom is 0.252 e. The molecule has 1 amide bonds. The number of hydrogen-bond donors (Lipinski definition) is 0. The molecule has 1 saturated heterocycles. The lowest BCUT2D eigenvalue weighted by molar-refractivity contribution is -0.122. The standard InChI is InChI=1S/C20H19BrClN3O3S2/c1-24-18-16(21)5-2-6-17(18)29-20(24)23-19(26)13-4-3-11-25(12-13)30(27,28)15-9-7-14(22)8-10-15/h2,5-10,13H,3-4,11-12H2,1H3. The molecule has 0 bridgehead atoms. The number of fused-ring (bicyclic) bond motifs is 1. The molecule has 2 heterocycles. The zero-order chi connectivity index (χ0) is 21.5. The fourth-order valence-electron chi connectivity index (χ4n) is 3.57. The average molecular weight is 529 g/mol. The molecule has 3 aromatic rings. The van der Waals surface area contributed by atoms with E-state index in [1.165, 1.54) is 27.8 Å². The first-order chi connectivity index (χ1) is 14.3. The molecule has 0 spiro atoms. The van der Waals surface area contributed by atoms with Gasteiger partial charge in [0.1, 0.15) is 0 Å². The first-order valence-corrected chi connectivity index (χ1v) is 12.8. The van der Waals surface area contributed by atoms with Gasteiger partial charge in [-0.3, -0.25) is 4.79 Å². The van der Waals surface area contributed by atoms with Crippen LogP contribution in [0.2, 0.25) is 5.02 Å². The average Bonchev–Trinajstić information content (AvgIpc) is 3.05. The van der Waals surface area contributed by atoms with Crippen molar-refractivity contribution in [2.24, 2.45) is 18.0 Å². The number of benzene rings is 2. The predicted molar refractivity (Wildman–Crippen MR) is 122 cm³/mol. The molecule has 1 unspecified atom stereocenters. The second-order valence-electron chi connectivity index (χ2n) is 7.14. The fourth-order valence-corrected chi connectivity index (χ4v) is 7.03. The second-order valence-corrected chi connectivity index (χ2v) is 11.4. The number of nitrogens with zero attached hydrogens (tertiary/aromatic N) is 3. The maximum atomic E-state index is 13.0. The van der Waals surface area contributed by atoms with E-state index in [1.54, 1.807) is 12.1 Å². The van der Waals surface area contributed by atoms with E-state index in [2.05, 4.69) is 20.9 Å². The first-order valence-electron chi connectivity index (χ1n) is 9.36. The summed E-state index contributed by atoms with van der Waals surface area (Å²) in [5.41, 5.74) is 0.977. The molecule has 4 rings (SSSR count). The molecule has 1 aliphatic rings. The molecule has 158 valence electrons. The molecule has 1 aromatic heterocycles. The van der Waals surface area contributed by atoms with Crippen LogP contribution in [0.3, 0.4) is 0 Å². The summed E-state index contributed by atoms with van der Waals surface area (Å²) in [6.45, 7) is 0.518. The third-order valence-electron chi connectivity index (χ3n) is 5.16. The summed E-state index contributed by atoms with van der Waals surface area (Å²) >= 11 is 10.8. The van der Waals surface area contributed by atoms with Crippen LogP contribution >= 0.6 is 38.9 Å². The number of aromatic nitrogens is 1. The van der Waals surface area contributed by atoms with E-state index < -0.39 is 15.9 Å². The zero-order valence-corrected chi connectivity index (χ0v) is 20.1. The van der Waals surface area contributed by atoms with Crippen LogP contribution in [0.15, 0.2) is 56.8 Å². The number of para-hydroxylation sites is 1. The van der Waals surface area contributed by atoms with Gasteiger partial charge in [0.2, 0.25) is 10.0 Å². The van der Waals surface area contributed by atoms with Crippen LogP contribution in [-0.4, -0.2) is 36.3 Å². The Labute approximate surface area is 192 Å². The summed E-state index contributed by atoms with van der Waals surface area (Å²) in [4.78, 5) is 18.0. The number of hydrogen-bond acceptors (Lipinski definition) is 4. The van der Waals surface area contributed by atoms with E-state index in [-0.39, 0.29) is 17.3 Å². The fraction of sp³-hybridized carbons (Fsp3) is 0.300. The van der Waals surface area contributed by atoms with Crippen molar-refractivity contribution in [2.45, 2.75) is 17.7 Å². The van der Waals surface area contributed by atoms with Gasteiger partial charge in [0.25, 0.3) is 5.91 Å². The highest BCUT2D eigenvalue weighted by molar-refractivity contribution is 9.10. The van der Waals surface area contributed by atoms with Crippen molar-refractivity contribution in [3.63, 3.8) is 0 Å². The maximum absolute atomic E-state index is 13.0. The van der Waals surface area contributed by atoms with E-state index in [9.17, 15) is 13.2 Å². The van der Waals surface area contributed by atoms with Crippen molar-refractivity contribution >= 4 is 65.0 Å². The summed E-state index contributed by atoms with van der Waals surface area (Å²) in [7, 11) is -1.81. The lowest BCUT2D eigenvalue weighted by Crippen LogP contribution is -2.42. The van der Waals surface area contributed by atoms with Crippen LogP contribution in [-0.2, 0) is 21.9 Å². The van der Waals surface area contributed by atoms with Gasteiger partial charge in [-0.25, -0.2) is 8.42 Å².